The number of carbonyl (C=O) groups is 2. The standard InChI is InChI=1S/C28H36ClFN8O3/c1-28(2,3)41-27(40)37-13-5-6-17(15-37)33-25-32-14-21-24(36-25)38(18-11-9-16(10-12-18)23(31)39)26(34-21)35-22-19(29)7-4-8-20(22)30/h4,7-8,14,16-18H,5-6,9-13,15H2,1-3H3,(H2,31,39)(H,34,35)(H,32,33,36). The number of anilines is 3. The van der Waals surface area contributed by atoms with Crippen LogP contribution in [-0.2, 0) is 9.53 Å². The van der Waals surface area contributed by atoms with Crippen molar-refractivity contribution in [1.29, 1.82) is 0 Å². The summed E-state index contributed by atoms with van der Waals surface area (Å²) in [4.78, 5) is 40.1. The summed E-state index contributed by atoms with van der Waals surface area (Å²) in [6.07, 6.45) is 5.58. The minimum atomic E-state index is -0.570. The van der Waals surface area contributed by atoms with Crippen molar-refractivity contribution in [3.63, 3.8) is 0 Å². The SMILES string of the molecule is CC(C)(C)OC(=O)N1CCCC(Nc2ncc3nc(Nc4c(F)cccc4Cl)n(C4CCC(C(N)=O)CC4)c3n2)C1. The fraction of sp³-hybridized carbons (Fsp3) is 0.536. The maximum absolute atomic E-state index is 14.7. The van der Waals surface area contributed by atoms with Gasteiger partial charge in [0, 0.05) is 31.1 Å². The number of carbonyl (C=O) groups excluding carboxylic acids is 2. The fourth-order valence-corrected chi connectivity index (χ4v) is 5.72. The second-order valence-corrected chi connectivity index (χ2v) is 12.2. The number of piperidine rings is 1. The summed E-state index contributed by atoms with van der Waals surface area (Å²) >= 11 is 6.31. The Balaban J connectivity index is 1.43. The molecule has 0 bridgehead atoms. The lowest BCUT2D eigenvalue weighted by Gasteiger charge is -2.34. The van der Waals surface area contributed by atoms with Crippen LogP contribution >= 0.6 is 11.6 Å². The van der Waals surface area contributed by atoms with Crippen LogP contribution in [0.3, 0.4) is 0 Å². The van der Waals surface area contributed by atoms with Crippen LogP contribution in [0, 0.1) is 11.7 Å². The summed E-state index contributed by atoms with van der Waals surface area (Å²) in [5.74, 6) is -0.193. The van der Waals surface area contributed by atoms with Gasteiger partial charge < -0.3 is 26.0 Å². The molecule has 11 nitrogen and oxygen atoms in total. The highest BCUT2D eigenvalue weighted by Gasteiger charge is 2.31. The monoisotopic (exact) mass is 586 g/mol. The van der Waals surface area contributed by atoms with Gasteiger partial charge in [-0.05, 0) is 71.4 Å². The van der Waals surface area contributed by atoms with Crippen molar-refractivity contribution in [2.24, 2.45) is 11.7 Å². The van der Waals surface area contributed by atoms with Gasteiger partial charge in [0.1, 0.15) is 16.9 Å². The first-order valence-electron chi connectivity index (χ1n) is 14.0. The lowest BCUT2D eigenvalue weighted by atomic mass is 9.85. The van der Waals surface area contributed by atoms with Crippen molar-refractivity contribution in [2.75, 3.05) is 23.7 Å². The highest BCUT2D eigenvalue weighted by atomic mass is 35.5. The number of para-hydroxylation sites is 1. The van der Waals surface area contributed by atoms with Crippen molar-refractivity contribution >= 4 is 52.3 Å². The van der Waals surface area contributed by atoms with E-state index >= 15 is 0 Å². The van der Waals surface area contributed by atoms with E-state index in [0.29, 0.717) is 61.8 Å². The quantitative estimate of drug-likeness (QED) is 0.349. The van der Waals surface area contributed by atoms with E-state index in [2.05, 4.69) is 20.6 Å². The highest BCUT2D eigenvalue weighted by Crippen LogP contribution is 2.38. The molecule has 1 saturated carbocycles. The Hall–Kier alpha value is -3.67. The number of hydrogen-bond acceptors (Lipinski definition) is 8. The number of aromatic nitrogens is 4. The molecule has 0 radical (unpaired) electrons. The second-order valence-electron chi connectivity index (χ2n) is 11.7. The van der Waals surface area contributed by atoms with Crippen LogP contribution in [0.4, 0.5) is 26.8 Å². The Labute approximate surface area is 243 Å². The summed E-state index contributed by atoms with van der Waals surface area (Å²) in [7, 11) is 0. The van der Waals surface area contributed by atoms with Gasteiger partial charge in [-0.3, -0.25) is 9.36 Å². The third-order valence-corrected chi connectivity index (χ3v) is 7.82. The molecule has 1 saturated heterocycles. The largest absolute Gasteiger partial charge is 0.444 e. The van der Waals surface area contributed by atoms with Gasteiger partial charge >= 0.3 is 6.09 Å². The molecule has 3 heterocycles. The van der Waals surface area contributed by atoms with Crippen LogP contribution in [0.5, 0.6) is 0 Å². The van der Waals surface area contributed by atoms with Gasteiger partial charge in [0.05, 0.1) is 16.9 Å². The van der Waals surface area contributed by atoms with E-state index in [0.717, 1.165) is 12.8 Å². The number of halogens is 2. The van der Waals surface area contributed by atoms with E-state index in [9.17, 15) is 14.0 Å². The molecule has 5 rings (SSSR count). The number of nitrogens with one attached hydrogen (secondary N) is 2. The van der Waals surface area contributed by atoms with E-state index in [1.165, 1.54) is 12.1 Å². The van der Waals surface area contributed by atoms with Crippen molar-refractivity contribution < 1.29 is 18.7 Å². The number of rotatable bonds is 6. The smallest absolute Gasteiger partial charge is 0.410 e. The predicted molar refractivity (Wildman–Crippen MR) is 155 cm³/mol. The van der Waals surface area contributed by atoms with Gasteiger partial charge in [-0.15, -0.1) is 0 Å². The molecule has 1 unspecified atom stereocenters. The molecule has 4 N–H and O–H groups in total. The van der Waals surface area contributed by atoms with E-state index in [-0.39, 0.29) is 40.7 Å². The number of imidazole rings is 1. The topological polar surface area (TPSA) is 140 Å². The molecule has 1 aliphatic heterocycles. The Morgan fingerprint density at radius 3 is 2.59 bits per heavy atom. The average Bonchev–Trinajstić information content (AvgIpc) is 3.27. The molecular weight excluding hydrogens is 551 g/mol. The zero-order valence-electron chi connectivity index (χ0n) is 23.5. The van der Waals surface area contributed by atoms with Crippen LogP contribution in [-0.4, -0.2) is 61.2 Å². The molecule has 1 atom stereocenters. The van der Waals surface area contributed by atoms with Gasteiger partial charge in [-0.2, -0.15) is 4.98 Å². The van der Waals surface area contributed by atoms with Crippen molar-refractivity contribution in [3.05, 3.63) is 35.2 Å². The summed E-state index contributed by atoms with van der Waals surface area (Å²) < 4.78 is 22.2. The molecule has 1 aromatic carbocycles. The fourth-order valence-electron chi connectivity index (χ4n) is 5.51. The van der Waals surface area contributed by atoms with Crippen LogP contribution < -0.4 is 16.4 Å². The number of ether oxygens (including phenoxy) is 1. The summed E-state index contributed by atoms with van der Waals surface area (Å²) in [6, 6.07) is 4.35. The van der Waals surface area contributed by atoms with Crippen LogP contribution in [0.25, 0.3) is 11.2 Å². The minimum Gasteiger partial charge on any atom is -0.444 e. The molecule has 2 fully saturated rings. The van der Waals surface area contributed by atoms with Crippen molar-refractivity contribution in [3.8, 4) is 0 Å². The number of amides is 2. The molecule has 2 aromatic heterocycles. The van der Waals surface area contributed by atoms with Gasteiger partial charge in [0.15, 0.2) is 5.65 Å². The van der Waals surface area contributed by atoms with Crippen LogP contribution in [0.1, 0.15) is 65.3 Å². The van der Waals surface area contributed by atoms with Gasteiger partial charge in [-0.25, -0.2) is 19.2 Å². The number of hydrogen-bond donors (Lipinski definition) is 3. The lowest BCUT2D eigenvalue weighted by Crippen LogP contribution is -2.47. The normalized spacial score (nSPS) is 21.5. The third kappa shape index (κ3) is 6.64. The van der Waals surface area contributed by atoms with E-state index in [4.69, 9.17) is 27.1 Å². The van der Waals surface area contributed by atoms with E-state index < -0.39 is 11.4 Å². The molecule has 13 heteroatoms. The van der Waals surface area contributed by atoms with Gasteiger partial charge in [0.2, 0.25) is 17.8 Å². The summed E-state index contributed by atoms with van der Waals surface area (Å²) in [6.45, 7) is 6.63. The number of nitrogens with two attached hydrogens (primary N) is 1. The number of benzene rings is 1. The molecule has 2 aliphatic rings. The number of fused-ring (bicyclic) bond motifs is 1. The second kappa shape index (κ2) is 11.7. The zero-order valence-corrected chi connectivity index (χ0v) is 24.2. The molecule has 41 heavy (non-hydrogen) atoms. The maximum atomic E-state index is 14.7. The number of likely N-dealkylation sites (tertiary alicyclic amines) is 1. The van der Waals surface area contributed by atoms with Gasteiger partial charge in [0.25, 0.3) is 0 Å². The van der Waals surface area contributed by atoms with E-state index in [1.54, 1.807) is 17.2 Å². The first-order chi connectivity index (χ1) is 19.5. The molecule has 1 aliphatic carbocycles. The molecule has 3 aromatic rings. The molecular formula is C28H36ClFN8O3. The summed E-state index contributed by atoms with van der Waals surface area (Å²) in [5, 5.41) is 6.67. The van der Waals surface area contributed by atoms with E-state index in [1.807, 2.05) is 25.3 Å². The minimum absolute atomic E-state index is 0.0521. The lowest BCUT2D eigenvalue weighted by molar-refractivity contribution is -0.122. The Morgan fingerprint density at radius 2 is 1.90 bits per heavy atom. The average molecular weight is 587 g/mol. The zero-order chi connectivity index (χ0) is 29.3. The predicted octanol–water partition coefficient (Wildman–Crippen LogP) is 5.39. The van der Waals surface area contributed by atoms with Gasteiger partial charge in [-0.1, -0.05) is 17.7 Å². The van der Waals surface area contributed by atoms with Crippen LogP contribution in [0.15, 0.2) is 24.4 Å². The Bertz CT molecular complexity index is 1410. The Kier molecular flexibility index (Phi) is 8.21. The molecule has 0 spiro atoms. The first kappa shape index (κ1) is 28.8. The molecule has 220 valence electrons. The number of primary amides is 1. The van der Waals surface area contributed by atoms with Crippen molar-refractivity contribution in [1.82, 2.24) is 24.4 Å². The first-order valence-corrected chi connectivity index (χ1v) is 14.4. The van der Waals surface area contributed by atoms with Crippen molar-refractivity contribution in [2.45, 2.75) is 77.0 Å². The summed E-state index contributed by atoms with van der Waals surface area (Å²) in [5.41, 5.74) is 6.21. The number of nitrogens with zero attached hydrogens (tertiary/aromatic N) is 5. The highest BCUT2D eigenvalue weighted by molar-refractivity contribution is 6.33. The third-order valence-electron chi connectivity index (χ3n) is 7.50. The molecule has 2 amide bonds. The van der Waals surface area contributed by atoms with Crippen LogP contribution in [0.2, 0.25) is 5.02 Å². The maximum Gasteiger partial charge on any atom is 0.410 e. The Morgan fingerprint density at radius 1 is 1.15 bits per heavy atom.